The molecule has 0 aromatic rings. The molecule has 0 aliphatic rings. The van der Waals surface area contributed by atoms with E-state index in [4.69, 9.17) is 21.2 Å². The quantitative estimate of drug-likeness (QED) is 0.469. The van der Waals surface area contributed by atoms with E-state index in [2.05, 4.69) is 15.9 Å². The van der Waals surface area contributed by atoms with Gasteiger partial charge in [-0.25, -0.2) is 0 Å². The van der Waals surface area contributed by atoms with Crippen molar-refractivity contribution in [3.8, 4) is 18.2 Å². The fourth-order valence-corrected chi connectivity index (χ4v) is 1.18. The highest BCUT2D eigenvalue weighted by Gasteiger charge is 2.02. The molecular weight excluding hydrogens is 264 g/mol. The number of allylic oxidation sites excluding steroid dienone is 7. The predicted molar refractivity (Wildman–Crippen MR) is 81.2 cm³/mol. The first kappa shape index (κ1) is 17.5. The Bertz CT molecular complexity index is 705. The van der Waals surface area contributed by atoms with Gasteiger partial charge >= 0.3 is 0 Å². The van der Waals surface area contributed by atoms with Gasteiger partial charge in [-0.15, -0.1) is 0 Å². The molecule has 0 spiro atoms. The van der Waals surface area contributed by atoms with Crippen molar-refractivity contribution in [1.82, 2.24) is 0 Å². The zero-order valence-corrected chi connectivity index (χ0v) is 11.6. The van der Waals surface area contributed by atoms with Gasteiger partial charge < -0.3 is 0 Å². The molecule has 0 unspecified atom stereocenters. The predicted octanol–water partition coefficient (Wildman–Crippen LogP) is 1.91. The lowest BCUT2D eigenvalue weighted by Crippen LogP contribution is -1.97. The van der Waals surface area contributed by atoms with Crippen LogP contribution in [0.1, 0.15) is 0 Å². The van der Waals surface area contributed by atoms with Gasteiger partial charge in [-0.1, -0.05) is 18.2 Å². The van der Waals surface area contributed by atoms with Crippen LogP contribution in [0.25, 0.3) is 0 Å². The van der Waals surface area contributed by atoms with Crippen molar-refractivity contribution in [2.75, 3.05) is 14.1 Å². The normalized spacial score (nSPS) is 12.6. The Morgan fingerprint density at radius 3 is 1.95 bits per heavy atom. The van der Waals surface area contributed by atoms with Crippen LogP contribution in [0, 0.1) is 39.4 Å². The summed E-state index contributed by atoms with van der Waals surface area (Å²) in [5.74, 6) is 2.11. The SMILES string of the molecule is CN=C(C#N)C(=C=N)C=CC=CC=C(C#N)C(C#N)=NC. The third kappa shape index (κ3) is 5.77. The monoisotopic (exact) mass is 276 g/mol. The number of nitrogens with zero attached hydrogens (tertiary/aromatic N) is 5. The van der Waals surface area contributed by atoms with Crippen molar-refractivity contribution in [1.29, 1.82) is 21.2 Å². The molecule has 0 saturated heterocycles. The van der Waals surface area contributed by atoms with E-state index in [9.17, 15) is 0 Å². The summed E-state index contributed by atoms with van der Waals surface area (Å²) in [6.45, 7) is 0. The largest absolute Gasteiger partial charge is 0.277 e. The second kappa shape index (κ2) is 10.4. The molecule has 0 amide bonds. The van der Waals surface area contributed by atoms with Crippen molar-refractivity contribution in [3.05, 3.63) is 41.5 Å². The van der Waals surface area contributed by atoms with E-state index >= 15 is 0 Å². The molecule has 0 aromatic heterocycles. The Hall–Kier alpha value is -3.52. The van der Waals surface area contributed by atoms with Gasteiger partial charge in [0.05, 0.1) is 11.1 Å². The first-order valence-corrected chi connectivity index (χ1v) is 5.67. The molecule has 0 atom stereocenters. The van der Waals surface area contributed by atoms with E-state index in [1.807, 2.05) is 18.2 Å². The summed E-state index contributed by atoms with van der Waals surface area (Å²) >= 11 is 0. The average molecular weight is 276 g/mol. The van der Waals surface area contributed by atoms with Crippen molar-refractivity contribution in [3.63, 3.8) is 0 Å². The number of nitrogens with one attached hydrogen (secondary N) is 1. The molecule has 0 bridgehead atoms. The summed E-state index contributed by atoms with van der Waals surface area (Å²) < 4.78 is 0. The van der Waals surface area contributed by atoms with Crippen LogP contribution in [0.4, 0.5) is 0 Å². The first-order valence-electron chi connectivity index (χ1n) is 5.67. The molecule has 1 N–H and O–H groups in total. The van der Waals surface area contributed by atoms with Crippen molar-refractivity contribution < 1.29 is 0 Å². The lowest BCUT2D eigenvalue weighted by molar-refractivity contribution is 1.42. The lowest BCUT2D eigenvalue weighted by atomic mass is 10.1. The van der Waals surface area contributed by atoms with Crippen molar-refractivity contribution >= 4 is 17.3 Å². The topological polar surface area (TPSA) is 120 Å². The minimum Gasteiger partial charge on any atom is -0.277 e. The average Bonchev–Trinajstić information content (AvgIpc) is 2.52. The molecule has 6 heteroatoms. The van der Waals surface area contributed by atoms with Crippen LogP contribution < -0.4 is 0 Å². The third-order valence-electron chi connectivity index (χ3n) is 2.17. The van der Waals surface area contributed by atoms with Crippen LogP contribution in [0.3, 0.4) is 0 Å². The lowest BCUT2D eigenvalue weighted by Gasteiger charge is -1.91. The first-order chi connectivity index (χ1) is 10.2. The fourth-order valence-electron chi connectivity index (χ4n) is 1.18. The molecule has 0 rings (SSSR count). The molecule has 0 saturated carbocycles. The van der Waals surface area contributed by atoms with Crippen LogP contribution in [0.2, 0.25) is 0 Å². The summed E-state index contributed by atoms with van der Waals surface area (Å²) in [7, 11) is 2.89. The van der Waals surface area contributed by atoms with Crippen LogP contribution in [0.15, 0.2) is 51.5 Å². The number of rotatable bonds is 5. The standard InChI is InChI=1S/C15H12N6/c1-20-14(10-18)12(8-16)6-4-3-5-7-13(9-17)15(11-19)21-2/h3-7,16H,1-2H3. The number of hydrogen-bond acceptors (Lipinski definition) is 6. The van der Waals surface area contributed by atoms with E-state index in [0.717, 1.165) is 0 Å². The summed E-state index contributed by atoms with van der Waals surface area (Å²) in [5.41, 5.74) is 0.561. The molecule has 0 aromatic carbocycles. The maximum atomic E-state index is 8.89. The molecular formula is C15H12N6. The molecule has 102 valence electrons. The van der Waals surface area contributed by atoms with Crippen molar-refractivity contribution in [2.45, 2.75) is 0 Å². The van der Waals surface area contributed by atoms with Crippen LogP contribution in [-0.2, 0) is 0 Å². The molecule has 0 aliphatic heterocycles. The molecule has 6 nitrogen and oxygen atoms in total. The summed E-state index contributed by atoms with van der Waals surface area (Å²) in [6, 6.07) is 5.54. The van der Waals surface area contributed by atoms with Gasteiger partial charge in [-0.2, -0.15) is 15.8 Å². The Morgan fingerprint density at radius 2 is 1.52 bits per heavy atom. The van der Waals surface area contributed by atoms with Gasteiger partial charge in [0.2, 0.25) is 0 Å². The third-order valence-corrected chi connectivity index (χ3v) is 2.17. The van der Waals surface area contributed by atoms with Gasteiger partial charge in [0.15, 0.2) is 11.4 Å². The van der Waals surface area contributed by atoms with E-state index in [1.54, 1.807) is 18.2 Å². The number of nitriles is 3. The number of aliphatic imine (C=N–C) groups is 2. The molecule has 0 radical (unpaired) electrons. The van der Waals surface area contributed by atoms with Gasteiger partial charge in [-0.05, 0) is 18.0 Å². The number of hydrogen-bond donors (Lipinski definition) is 1. The summed E-state index contributed by atoms with van der Waals surface area (Å²) in [6.07, 6.45) is 7.65. The minimum atomic E-state index is 0.0519. The smallest absolute Gasteiger partial charge is 0.152 e. The molecule has 0 aliphatic carbocycles. The highest BCUT2D eigenvalue weighted by Crippen LogP contribution is 1.99. The Balaban J connectivity index is 5.09. The van der Waals surface area contributed by atoms with E-state index < -0.39 is 0 Å². The van der Waals surface area contributed by atoms with Gasteiger partial charge in [0, 0.05) is 14.1 Å². The molecule has 0 fully saturated rings. The zero-order chi connectivity index (χ0) is 16.1. The maximum Gasteiger partial charge on any atom is 0.152 e. The van der Waals surface area contributed by atoms with Crippen LogP contribution >= 0.6 is 0 Å². The van der Waals surface area contributed by atoms with Crippen LogP contribution in [-0.4, -0.2) is 31.4 Å². The van der Waals surface area contributed by atoms with Crippen LogP contribution in [0.5, 0.6) is 0 Å². The minimum absolute atomic E-state index is 0.0519. The van der Waals surface area contributed by atoms with Gasteiger partial charge in [-0.3, -0.25) is 15.4 Å². The fraction of sp³-hybridized carbons (Fsp3) is 0.133. The molecule has 21 heavy (non-hydrogen) atoms. The Labute approximate surface area is 123 Å². The Morgan fingerprint density at radius 1 is 0.905 bits per heavy atom. The maximum absolute atomic E-state index is 8.89. The Kier molecular flexibility index (Phi) is 8.66. The zero-order valence-electron chi connectivity index (χ0n) is 11.6. The summed E-state index contributed by atoms with van der Waals surface area (Å²) in [4.78, 5) is 7.40. The summed E-state index contributed by atoms with van der Waals surface area (Å²) in [5, 5.41) is 33.5. The molecule has 0 heterocycles. The van der Waals surface area contributed by atoms with Gasteiger partial charge in [0.25, 0.3) is 0 Å². The second-order valence-corrected chi connectivity index (χ2v) is 3.34. The highest BCUT2D eigenvalue weighted by atomic mass is 14.7. The van der Waals surface area contributed by atoms with Gasteiger partial charge in [0.1, 0.15) is 18.2 Å². The van der Waals surface area contributed by atoms with E-state index in [1.165, 1.54) is 26.2 Å². The second-order valence-electron chi connectivity index (χ2n) is 3.34. The van der Waals surface area contributed by atoms with E-state index in [-0.39, 0.29) is 22.6 Å². The van der Waals surface area contributed by atoms with Crippen molar-refractivity contribution in [2.24, 2.45) is 9.98 Å². The van der Waals surface area contributed by atoms with E-state index in [0.29, 0.717) is 0 Å². The highest BCUT2D eigenvalue weighted by molar-refractivity contribution is 6.17.